The molecular weight excluding hydrogens is 446 g/mol. The number of unbranched alkanes of at least 4 members (excludes halogenated alkanes) is 2. The maximum atomic E-state index is 12.0. The van der Waals surface area contributed by atoms with Crippen LogP contribution in [0.15, 0.2) is 18.3 Å². The van der Waals surface area contributed by atoms with Gasteiger partial charge in [-0.3, -0.25) is 28.7 Å². The van der Waals surface area contributed by atoms with Gasteiger partial charge >= 0.3 is 5.97 Å². The zero-order valence-corrected chi connectivity index (χ0v) is 18.7. The molecule has 34 heavy (non-hydrogen) atoms. The van der Waals surface area contributed by atoms with Gasteiger partial charge in [0.15, 0.2) is 11.6 Å². The zero-order valence-electron chi connectivity index (χ0n) is 18.7. The molecule has 0 radical (unpaired) electrons. The summed E-state index contributed by atoms with van der Waals surface area (Å²) in [7, 11) is 0. The number of hydroxylamine groups is 2. The molecule has 0 unspecified atom stereocenters. The third-order valence-electron chi connectivity index (χ3n) is 5.52. The quantitative estimate of drug-likeness (QED) is 0.245. The van der Waals surface area contributed by atoms with Gasteiger partial charge in [-0.1, -0.05) is 18.1 Å². The molecule has 3 amide bonds. The van der Waals surface area contributed by atoms with E-state index < -0.39 is 23.7 Å². The summed E-state index contributed by atoms with van der Waals surface area (Å²) < 4.78 is 1.53. The number of rotatable bonds is 13. The molecule has 182 valence electrons. The van der Waals surface area contributed by atoms with E-state index >= 15 is 0 Å². The summed E-state index contributed by atoms with van der Waals surface area (Å²) in [5, 5.41) is 11.2. The summed E-state index contributed by atoms with van der Waals surface area (Å²) in [6, 6.07) is 0. The number of imide groups is 1. The predicted molar refractivity (Wildman–Crippen MR) is 114 cm³/mol. The van der Waals surface area contributed by atoms with Crippen molar-refractivity contribution in [2.24, 2.45) is 5.92 Å². The predicted octanol–water partition coefficient (Wildman–Crippen LogP) is 0.556. The molecule has 0 aromatic carbocycles. The second-order valence-corrected chi connectivity index (χ2v) is 8.19. The van der Waals surface area contributed by atoms with Crippen molar-refractivity contribution in [1.82, 2.24) is 25.4 Å². The molecule has 2 aliphatic rings. The summed E-state index contributed by atoms with van der Waals surface area (Å²) in [4.78, 5) is 74.5. The van der Waals surface area contributed by atoms with Gasteiger partial charge in [0, 0.05) is 32.2 Å². The molecule has 0 atom stereocenters. The molecule has 3 rings (SSSR count). The van der Waals surface area contributed by atoms with Gasteiger partial charge in [0.25, 0.3) is 11.8 Å². The number of nitrogens with zero attached hydrogens (tertiary/aromatic N) is 4. The van der Waals surface area contributed by atoms with E-state index in [0.717, 1.165) is 6.42 Å². The second kappa shape index (κ2) is 12.0. The third kappa shape index (κ3) is 7.15. The average Bonchev–Trinajstić information content (AvgIpc) is 3.48. The Kier molecular flexibility index (Phi) is 8.77. The summed E-state index contributed by atoms with van der Waals surface area (Å²) in [5.41, 5.74) is 0.565. The molecule has 1 aromatic heterocycles. The Balaban J connectivity index is 1.24. The van der Waals surface area contributed by atoms with Crippen LogP contribution in [-0.4, -0.2) is 55.3 Å². The minimum atomic E-state index is -0.672. The van der Waals surface area contributed by atoms with Crippen LogP contribution in [0.3, 0.4) is 0 Å². The van der Waals surface area contributed by atoms with Gasteiger partial charge in [-0.25, -0.2) is 4.79 Å². The lowest BCUT2D eigenvalue weighted by Crippen LogP contribution is -2.32. The lowest BCUT2D eigenvalue weighted by atomic mass is 9.97. The number of hydrogen-bond donors (Lipinski definition) is 1. The molecule has 1 aliphatic carbocycles. The van der Waals surface area contributed by atoms with Crippen LogP contribution >= 0.6 is 0 Å². The van der Waals surface area contributed by atoms with Gasteiger partial charge in [0.2, 0.25) is 5.91 Å². The van der Waals surface area contributed by atoms with Crippen LogP contribution in [0.25, 0.3) is 0 Å². The molecule has 0 spiro atoms. The Hall–Kier alpha value is -3.70. The Morgan fingerprint density at radius 1 is 0.971 bits per heavy atom. The van der Waals surface area contributed by atoms with E-state index in [1.54, 1.807) is 6.20 Å². The molecule has 1 N–H and O–H groups in total. The molecule has 1 saturated heterocycles. The van der Waals surface area contributed by atoms with E-state index in [4.69, 9.17) is 4.84 Å². The normalized spacial score (nSPS) is 16.1. The third-order valence-corrected chi connectivity index (χ3v) is 5.52. The molecule has 12 heteroatoms. The first-order valence-electron chi connectivity index (χ1n) is 11.3. The van der Waals surface area contributed by atoms with E-state index in [9.17, 15) is 28.8 Å². The molecule has 1 aliphatic heterocycles. The number of carbonyl (C=O) groups excluding carboxylic acids is 6. The number of hydrogen-bond acceptors (Lipinski definition) is 9. The van der Waals surface area contributed by atoms with Crippen LogP contribution in [0, 0.1) is 5.92 Å². The van der Waals surface area contributed by atoms with Crippen LogP contribution in [0.5, 0.6) is 0 Å². The van der Waals surface area contributed by atoms with Gasteiger partial charge in [-0.15, -0.1) is 10.2 Å². The number of aryl methyl sites for hydroxylation is 1. The summed E-state index contributed by atoms with van der Waals surface area (Å²) in [6.07, 6.45) is 7.76. The number of carbonyl (C=O) groups is 6. The summed E-state index contributed by atoms with van der Waals surface area (Å²) in [5.74, 6) is -2.64. The number of aromatic nitrogens is 3. The fourth-order valence-corrected chi connectivity index (χ4v) is 3.63. The van der Waals surface area contributed by atoms with Crippen molar-refractivity contribution in [2.75, 3.05) is 0 Å². The fourth-order valence-electron chi connectivity index (χ4n) is 3.63. The molecule has 2 heterocycles. The van der Waals surface area contributed by atoms with Gasteiger partial charge in [-0.05, 0) is 31.4 Å². The standard InChI is InChI=1S/C22H27N5O7/c28-17-8-9-18(29)16(17)5-2-1-3-6-19(30)23-13-15-14-26(25-24-15)12-4-7-22(33)34-27-20(31)10-11-21(27)32/h8-9,14,16H,1-7,10-13H2,(H,23,30). The van der Waals surface area contributed by atoms with Crippen LogP contribution in [-0.2, 0) is 46.7 Å². The highest BCUT2D eigenvalue weighted by molar-refractivity contribution is 6.18. The van der Waals surface area contributed by atoms with Crippen molar-refractivity contribution in [3.05, 3.63) is 24.0 Å². The number of ketones is 2. The van der Waals surface area contributed by atoms with Crippen LogP contribution in [0.1, 0.15) is 63.5 Å². The monoisotopic (exact) mass is 473 g/mol. The lowest BCUT2D eigenvalue weighted by Gasteiger charge is -2.12. The van der Waals surface area contributed by atoms with Gasteiger partial charge in [-0.2, -0.15) is 0 Å². The first kappa shape index (κ1) is 24.9. The van der Waals surface area contributed by atoms with Crippen LogP contribution in [0.2, 0.25) is 0 Å². The Morgan fingerprint density at radius 3 is 2.38 bits per heavy atom. The van der Waals surface area contributed by atoms with E-state index in [-0.39, 0.29) is 43.3 Å². The van der Waals surface area contributed by atoms with Crippen molar-refractivity contribution in [2.45, 2.75) is 70.9 Å². The highest BCUT2D eigenvalue weighted by atomic mass is 16.7. The lowest BCUT2D eigenvalue weighted by molar-refractivity contribution is -0.197. The second-order valence-electron chi connectivity index (χ2n) is 8.19. The Labute approximate surface area is 195 Å². The van der Waals surface area contributed by atoms with Gasteiger partial charge < -0.3 is 10.2 Å². The number of allylic oxidation sites excluding steroid dienone is 2. The molecule has 12 nitrogen and oxygen atoms in total. The minimum absolute atomic E-state index is 0.00255. The highest BCUT2D eigenvalue weighted by Gasteiger charge is 2.32. The Bertz CT molecular complexity index is 966. The van der Waals surface area contributed by atoms with Crippen molar-refractivity contribution >= 4 is 35.3 Å². The van der Waals surface area contributed by atoms with E-state index in [2.05, 4.69) is 15.6 Å². The maximum Gasteiger partial charge on any atom is 0.333 e. The van der Waals surface area contributed by atoms with E-state index in [1.165, 1.54) is 16.8 Å². The summed E-state index contributed by atoms with van der Waals surface area (Å²) in [6.45, 7) is 0.594. The number of nitrogens with one attached hydrogen (secondary N) is 1. The Morgan fingerprint density at radius 2 is 1.68 bits per heavy atom. The molecule has 0 saturated carbocycles. The van der Waals surface area contributed by atoms with Crippen LogP contribution < -0.4 is 5.32 Å². The van der Waals surface area contributed by atoms with Crippen LogP contribution in [0.4, 0.5) is 0 Å². The maximum absolute atomic E-state index is 12.0. The summed E-state index contributed by atoms with van der Waals surface area (Å²) >= 11 is 0. The smallest absolute Gasteiger partial charge is 0.333 e. The topological polar surface area (TPSA) is 158 Å². The van der Waals surface area contributed by atoms with Crippen molar-refractivity contribution < 1.29 is 33.6 Å². The fraction of sp³-hybridized carbons (Fsp3) is 0.545. The minimum Gasteiger partial charge on any atom is -0.350 e. The largest absolute Gasteiger partial charge is 0.350 e. The van der Waals surface area contributed by atoms with Gasteiger partial charge in [0.1, 0.15) is 5.69 Å². The first-order valence-corrected chi connectivity index (χ1v) is 11.3. The first-order chi connectivity index (χ1) is 16.3. The van der Waals surface area contributed by atoms with Crippen molar-refractivity contribution in [3.8, 4) is 0 Å². The van der Waals surface area contributed by atoms with E-state index in [0.29, 0.717) is 49.4 Å². The molecular formula is C22H27N5O7. The zero-order chi connectivity index (χ0) is 24.5. The van der Waals surface area contributed by atoms with Gasteiger partial charge in [0.05, 0.1) is 18.7 Å². The molecule has 1 fully saturated rings. The van der Waals surface area contributed by atoms with Crippen molar-refractivity contribution in [3.63, 3.8) is 0 Å². The number of amides is 3. The van der Waals surface area contributed by atoms with E-state index in [1.807, 2.05) is 0 Å². The highest BCUT2D eigenvalue weighted by Crippen LogP contribution is 2.18. The van der Waals surface area contributed by atoms with Crippen molar-refractivity contribution in [1.29, 1.82) is 0 Å². The SMILES string of the molecule is O=C(CCCCCC1C(=O)C=CC1=O)NCc1cn(CCCC(=O)ON2C(=O)CCC2=O)nn1. The molecule has 1 aromatic rings. The molecule has 0 bridgehead atoms. The average molecular weight is 473 g/mol.